The van der Waals surface area contributed by atoms with Gasteiger partial charge in [-0.1, -0.05) is 12.1 Å². The van der Waals surface area contributed by atoms with E-state index in [4.69, 9.17) is 0 Å². The zero-order valence-electron chi connectivity index (χ0n) is 18.2. The van der Waals surface area contributed by atoms with Gasteiger partial charge in [-0.2, -0.15) is 22.6 Å². The lowest BCUT2D eigenvalue weighted by Gasteiger charge is -2.31. The molecule has 0 unspecified atom stereocenters. The number of halogens is 3. The molecule has 3 heterocycles. The number of H-pyrrole nitrogens is 1. The van der Waals surface area contributed by atoms with Crippen molar-refractivity contribution >= 4 is 27.0 Å². The molecule has 1 amide bonds. The minimum Gasteiger partial charge on any atom is -0.348 e. The second-order valence-electron chi connectivity index (χ2n) is 8.36. The molecule has 182 valence electrons. The van der Waals surface area contributed by atoms with Gasteiger partial charge in [0.25, 0.3) is 5.91 Å². The van der Waals surface area contributed by atoms with E-state index in [1.54, 1.807) is 24.4 Å². The van der Waals surface area contributed by atoms with E-state index in [1.165, 1.54) is 22.6 Å². The van der Waals surface area contributed by atoms with Gasteiger partial charge in [0.1, 0.15) is 0 Å². The molecule has 1 aliphatic rings. The minimum absolute atomic E-state index is 0.0315. The first-order valence-electron chi connectivity index (χ1n) is 10.8. The Balaban J connectivity index is 1.31. The molecule has 0 atom stereocenters. The maximum Gasteiger partial charge on any atom is 0.389 e. The van der Waals surface area contributed by atoms with Crippen LogP contribution in [0.3, 0.4) is 0 Å². The number of carbonyl (C=O) groups excluding carboxylic acids is 1. The highest BCUT2D eigenvalue weighted by atomic mass is 32.2. The molecule has 2 aromatic heterocycles. The van der Waals surface area contributed by atoms with Crippen molar-refractivity contribution in [1.29, 1.82) is 0 Å². The van der Waals surface area contributed by atoms with Gasteiger partial charge in [-0.25, -0.2) is 13.4 Å². The van der Waals surface area contributed by atoms with Crippen molar-refractivity contribution in [3.05, 3.63) is 53.9 Å². The van der Waals surface area contributed by atoms with E-state index in [-0.39, 0.29) is 42.8 Å². The number of carbonyl (C=O) groups is 1. The normalized spacial score (nSPS) is 16.1. The Bertz CT molecular complexity index is 1250. The molecule has 0 saturated carbocycles. The fourth-order valence-corrected chi connectivity index (χ4v) is 5.45. The summed E-state index contributed by atoms with van der Waals surface area (Å²) in [4.78, 5) is 16.6. The van der Waals surface area contributed by atoms with E-state index in [0.29, 0.717) is 29.4 Å². The van der Waals surface area contributed by atoms with Crippen molar-refractivity contribution in [3.8, 4) is 0 Å². The molecule has 1 saturated heterocycles. The Labute approximate surface area is 194 Å². The number of aromatic nitrogens is 3. The summed E-state index contributed by atoms with van der Waals surface area (Å²) < 4.78 is 64.4. The number of piperidine rings is 1. The first kappa shape index (κ1) is 24.1. The monoisotopic (exact) mass is 495 g/mol. The van der Waals surface area contributed by atoms with E-state index in [0.717, 1.165) is 5.56 Å². The van der Waals surface area contributed by atoms with Crippen LogP contribution in [-0.2, 0) is 16.6 Å². The predicted octanol–water partition coefficient (Wildman–Crippen LogP) is 3.63. The van der Waals surface area contributed by atoms with E-state index in [9.17, 15) is 26.4 Å². The van der Waals surface area contributed by atoms with E-state index >= 15 is 0 Å². The summed E-state index contributed by atoms with van der Waals surface area (Å²) in [6.07, 6.45) is -1.14. The fourth-order valence-electron chi connectivity index (χ4n) is 3.98. The molecule has 3 aromatic rings. The van der Waals surface area contributed by atoms with Crippen LogP contribution in [0.25, 0.3) is 11.0 Å². The van der Waals surface area contributed by atoms with Gasteiger partial charge >= 0.3 is 6.18 Å². The molecular weight excluding hydrogens is 471 g/mol. The number of nitrogens with one attached hydrogen (secondary N) is 2. The van der Waals surface area contributed by atoms with Crippen LogP contribution < -0.4 is 5.32 Å². The molecule has 1 aromatic carbocycles. The second-order valence-corrected chi connectivity index (χ2v) is 10.3. The van der Waals surface area contributed by atoms with Gasteiger partial charge in [0.05, 0.1) is 16.7 Å². The molecular formula is C22H24F3N5O3S. The highest BCUT2D eigenvalue weighted by Gasteiger charge is 2.32. The predicted molar refractivity (Wildman–Crippen MR) is 118 cm³/mol. The highest BCUT2D eigenvalue weighted by Crippen LogP contribution is 2.30. The van der Waals surface area contributed by atoms with Crippen LogP contribution >= 0.6 is 0 Å². The first-order valence-corrected chi connectivity index (χ1v) is 12.3. The Morgan fingerprint density at radius 2 is 1.85 bits per heavy atom. The summed E-state index contributed by atoms with van der Waals surface area (Å²) in [6.45, 7) is 0.614. The van der Waals surface area contributed by atoms with E-state index in [2.05, 4.69) is 20.5 Å². The molecule has 8 nitrogen and oxygen atoms in total. The summed E-state index contributed by atoms with van der Waals surface area (Å²) in [7, 11) is -3.73. The number of hydrogen-bond donors (Lipinski definition) is 2. The Morgan fingerprint density at radius 3 is 2.53 bits per heavy atom. The zero-order chi connectivity index (χ0) is 24.3. The summed E-state index contributed by atoms with van der Waals surface area (Å²) in [5.74, 6) is -0.441. The number of hydrogen-bond acceptors (Lipinski definition) is 5. The van der Waals surface area contributed by atoms with Gasteiger partial charge in [0, 0.05) is 37.6 Å². The van der Waals surface area contributed by atoms with Crippen molar-refractivity contribution in [1.82, 2.24) is 24.8 Å². The SMILES string of the molecule is O=C(NCc1ccc(S(=O)(=O)N2CCC(CCC(F)(F)F)CC2)cc1)c1cnc2[nH]ncc2c1. The van der Waals surface area contributed by atoms with Crippen LogP contribution in [0.15, 0.2) is 47.6 Å². The summed E-state index contributed by atoms with van der Waals surface area (Å²) >= 11 is 0. The van der Waals surface area contributed by atoms with Crippen molar-refractivity contribution in [2.75, 3.05) is 13.1 Å². The molecule has 1 fully saturated rings. The fraction of sp³-hybridized carbons (Fsp3) is 0.409. The molecule has 2 N–H and O–H groups in total. The largest absolute Gasteiger partial charge is 0.389 e. The van der Waals surface area contributed by atoms with Gasteiger partial charge in [0.2, 0.25) is 10.0 Å². The molecule has 4 rings (SSSR count). The molecule has 0 spiro atoms. The number of fused-ring (bicyclic) bond motifs is 1. The minimum atomic E-state index is -4.19. The third kappa shape index (κ3) is 5.73. The first-order chi connectivity index (χ1) is 16.1. The van der Waals surface area contributed by atoms with Gasteiger partial charge in [-0.3, -0.25) is 9.89 Å². The lowest BCUT2D eigenvalue weighted by Crippen LogP contribution is -2.38. The quantitative estimate of drug-likeness (QED) is 0.521. The highest BCUT2D eigenvalue weighted by molar-refractivity contribution is 7.89. The standard InChI is InChI=1S/C22H24F3N5O3S/c23-22(24,25)8-5-15-6-9-30(10-7-15)34(32,33)19-3-1-16(2-4-19)12-27-21(31)18-11-17-14-28-29-20(17)26-13-18/h1-4,11,13-15H,5-10,12H2,(H,27,31)(H,26,28,29). The topological polar surface area (TPSA) is 108 Å². The summed E-state index contributed by atoms with van der Waals surface area (Å²) in [6, 6.07) is 7.88. The van der Waals surface area contributed by atoms with E-state index < -0.39 is 22.6 Å². The van der Waals surface area contributed by atoms with Gasteiger partial charge in [-0.15, -0.1) is 0 Å². The van der Waals surface area contributed by atoms with Crippen molar-refractivity contribution < 1.29 is 26.4 Å². The summed E-state index contributed by atoms with van der Waals surface area (Å²) in [5, 5.41) is 10.1. The molecule has 12 heteroatoms. The molecule has 0 bridgehead atoms. The van der Waals surface area contributed by atoms with Gasteiger partial charge < -0.3 is 5.32 Å². The third-order valence-electron chi connectivity index (χ3n) is 5.98. The van der Waals surface area contributed by atoms with Crippen LogP contribution in [0, 0.1) is 5.92 Å². The zero-order valence-corrected chi connectivity index (χ0v) is 19.0. The number of pyridine rings is 1. The molecule has 1 aliphatic heterocycles. The Kier molecular flexibility index (Phi) is 6.89. The maximum atomic E-state index is 12.9. The van der Waals surface area contributed by atoms with E-state index in [1.807, 2.05) is 0 Å². The number of amides is 1. The van der Waals surface area contributed by atoms with Crippen LogP contribution in [0.4, 0.5) is 13.2 Å². The van der Waals surface area contributed by atoms with Crippen LogP contribution in [-0.4, -0.2) is 53.1 Å². The Hall–Kier alpha value is -2.99. The van der Waals surface area contributed by atoms with Crippen molar-refractivity contribution in [2.45, 2.75) is 43.3 Å². The van der Waals surface area contributed by atoms with Crippen molar-refractivity contribution in [2.24, 2.45) is 5.92 Å². The molecule has 0 radical (unpaired) electrons. The third-order valence-corrected chi connectivity index (χ3v) is 7.89. The summed E-state index contributed by atoms with van der Waals surface area (Å²) in [5.41, 5.74) is 1.68. The smallest absolute Gasteiger partial charge is 0.348 e. The number of aromatic amines is 1. The Morgan fingerprint density at radius 1 is 1.15 bits per heavy atom. The number of alkyl halides is 3. The van der Waals surface area contributed by atoms with Gasteiger partial charge in [0.15, 0.2) is 5.65 Å². The van der Waals surface area contributed by atoms with Crippen LogP contribution in [0.2, 0.25) is 0 Å². The lowest BCUT2D eigenvalue weighted by atomic mass is 9.93. The lowest BCUT2D eigenvalue weighted by molar-refractivity contribution is -0.138. The number of benzene rings is 1. The number of nitrogens with zero attached hydrogens (tertiary/aromatic N) is 3. The average Bonchev–Trinajstić information content (AvgIpc) is 3.29. The maximum absolute atomic E-state index is 12.9. The number of sulfonamides is 1. The average molecular weight is 496 g/mol. The second kappa shape index (κ2) is 9.71. The van der Waals surface area contributed by atoms with Crippen LogP contribution in [0.5, 0.6) is 0 Å². The number of rotatable bonds is 7. The van der Waals surface area contributed by atoms with Crippen LogP contribution in [0.1, 0.15) is 41.6 Å². The van der Waals surface area contributed by atoms with Gasteiger partial charge in [-0.05, 0) is 48.9 Å². The molecule has 34 heavy (non-hydrogen) atoms. The van der Waals surface area contributed by atoms with Crippen molar-refractivity contribution in [3.63, 3.8) is 0 Å². The molecule has 0 aliphatic carbocycles.